The average Bonchev–Trinajstić information content (AvgIpc) is 2.39. The second kappa shape index (κ2) is 6.14. The number of nitrogens with zero attached hydrogens (tertiary/aromatic N) is 1. The maximum Gasteiger partial charge on any atom is 0.0594 e. The lowest BCUT2D eigenvalue weighted by Crippen LogP contribution is -2.47. The third-order valence-corrected chi connectivity index (χ3v) is 5.07. The van der Waals surface area contributed by atoms with E-state index in [2.05, 4.69) is 58.3 Å². The SMILES string of the molecule is CC(C)(Cc1ccccc1)C(P)N1CCOCC1. The summed E-state index contributed by atoms with van der Waals surface area (Å²) in [6, 6.07) is 10.8. The standard InChI is InChI=1S/C15H24NOP/c1-15(2,12-13-6-4-3-5-7-13)14(18)16-8-10-17-11-9-16/h3-7,14H,8-12,18H2,1-2H3. The highest BCUT2D eigenvalue weighted by molar-refractivity contribution is 7.17. The van der Waals surface area contributed by atoms with Gasteiger partial charge in [0, 0.05) is 18.9 Å². The van der Waals surface area contributed by atoms with Crippen molar-refractivity contribution in [1.82, 2.24) is 4.90 Å². The second-order valence-electron chi connectivity index (χ2n) is 5.74. The first kappa shape index (κ1) is 14.0. The van der Waals surface area contributed by atoms with Gasteiger partial charge in [0.15, 0.2) is 0 Å². The van der Waals surface area contributed by atoms with E-state index in [0.29, 0.717) is 5.78 Å². The van der Waals surface area contributed by atoms with Gasteiger partial charge in [-0.3, -0.25) is 4.90 Å². The number of hydrogen-bond acceptors (Lipinski definition) is 2. The Labute approximate surface area is 113 Å². The van der Waals surface area contributed by atoms with Gasteiger partial charge in [-0.05, 0) is 17.4 Å². The van der Waals surface area contributed by atoms with E-state index in [1.54, 1.807) is 0 Å². The van der Waals surface area contributed by atoms with Crippen LogP contribution in [0.2, 0.25) is 0 Å². The van der Waals surface area contributed by atoms with Crippen LogP contribution in [0.1, 0.15) is 19.4 Å². The zero-order valence-corrected chi connectivity index (χ0v) is 12.6. The molecule has 0 aromatic heterocycles. The maximum absolute atomic E-state index is 5.43. The molecule has 3 heteroatoms. The van der Waals surface area contributed by atoms with Crippen molar-refractivity contribution < 1.29 is 4.74 Å². The lowest BCUT2D eigenvalue weighted by Gasteiger charge is -2.41. The third kappa shape index (κ3) is 3.54. The van der Waals surface area contributed by atoms with E-state index in [4.69, 9.17) is 4.74 Å². The fourth-order valence-corrected chi connectivity index (χ4v) is 2.99. The predicted molar refractivity (Wildman–Crippen MR) is 79.8 cm³/mol. The number of morpholine rings is 1. The highest BCUT2D eigenvalue weighted by atomic mass is 31.0. The minimum absolute atomic E-state index is 0.253. The van der Waals surface area contributed by atoms with Gasteiger partial charge >= 0.3 is 0 Å². The molecular formula is C15H24NOP. The first-order valence-corrected chi connectivity index (χ1v) is 7.37. The van der Waals surface area contributed by atoms with Crippen LogP contribution < -0.4 is 0 Å². The Morgan fingerprint density at radius 1 is 1.22 bits per heavy atom. The van der Waals surface area contributed by atoms with Crippen LogP contribution in [-0.2, 0) is 11.2 Å². The van der Waals surface area contributed by atoms with Crippen molar-refractivity contribution in [3.63, 3.8) is 0 Å². The van der Waals surface area contributed by atoms with E-state index in [1.807, 2.05) is 0 Å². The number of rotatable bonds is 4. The molecule has 100 valence electrons. The lowest BCUT2D eigenvalue weighted by atomic mass is 9.84. The molecule has 0 saturated carbocycles. The average molecular weight is 265 g/mol. The van der Waals surface area contributed by atoms with Crippen LogP contribution in [0.5, 0.6) is 0 Å². The quantitative estimate of drug-likeness (QED) is 0.776. The van der Waals surface area contributed by atoms with E-state index in [-0.39, 0.29) is 5.41 Å². The summed E-state index contributed by atoms with van der Waals surface area (Å²) in [6.45, 7) is 8.54. The maximum atomic E-state index is 5.43. The van der Waals surface area contributed by atoms with Crippen LogP contribution in [0.3, 0.4) is 0 Å². The Kier molecular flexibility index (Phi) is 4.77. The monoisotopic (exact) mass is 265 g/mol. The molecular weight excluding hydrogens is 241 g/mol. The fourth-order valence-electron chi connectivity index (χ4n) is 2.58. The topological polar surface area (TPSA) is 12.5 Å². The molecule has 0 bridgehead atoms. The Hall–Kier alpha value is -0.430. The predicted octanol–water partition coefficient (Wildman–Crippen LogP) is 2.79. The molecule has 2 atom stereocenters. The summed E-state index contributed by atoms with van der Waals surface area (Å²) in [5.74, 6) is 0.501. The Bertz CT molecular complexity index is 360. The van der Waals surface area contributed by atoms with Crippen LogP contribution in [0.4, 0.5) is 0 Å². The van der Waals surface area contributed by atoms with Gasteiger partial charge in [-0.1, -0.05) is 44.2 Å². The minimum Gasteiger partial charge on any atom is -0.379 e. The summed E-state index contributed by atoms with van der Waals surface area (Å²) in [5.41, 5.74) is 1.67. The van der Waals surface area contributed by atoms with Crippen molar-refractivity contribution in [2.75, 3.05) is 26.3 Å². The van der Waals surface area contributed by atoms with E-state index in [0.717, 1.165) is 32.7 Å². The molecule has 0 aliphatic carbocycles. The number of benzene rings is 1. The van der Waals surface area contributed by atoms with Gasteiger partial charge < -0.3 is 4.74 Å². The van der Waals surface area contributed by atoms with Crippen LogP contribution in [0.15, 0.2) is 30.3 Å². The molecule has 2 unspecified atom stereocenters. The third-order valence-electron chi connectivity index (χ3n) is 3.74. The van der Waals surface area contributed by atoms with Crippen molar-refractivity contribution in [2.45, 2.75) is 26.1 Å². The van der Waals surface area contributed by atoms with Crippen LogP contribution in [-0.4, -0.2) is 37.0 Å². The van der Waals surface area contributed by atoms with Crippen molar-refractivity contribution in [1.29, 1.82) is 0 Å². The van der Waals surface area contributed by atoms with Crippen molar-refractivity contribution in [3.05, 3.63) is 35.9 Å². The molecule has 1 heterocycles. The molecule has 0 spiro atoms. The van der Waals surface area contributed by atoms with Crippen molar-refractivity contribution >= 4 is 9.24 Å². The highest BCUT2D eigenvalue weighted by Gasteiger charge is 2.31. The van der Waals surface area contributed by atoms with Crippen LogP contribution in [0, 0.1) is 5.41 Å². The lowest BCUT2D eigenvalue weighted by molar-refractivity contribution is 0.0116. The molecule has 1 aliphatic rings. The van der Waals surface area contributed by atoms with Crippen LogP contribution in [0.25, 0.3) is 0 Å². The first-order valence-electron chi connectivity index (χ1n) is 6.71. The Morgan fingerprint density at radius 3 is 2.44 bits per heavy atom. The number of hydrogen-bond donors (Lipinski definition) is 0. The smallest absolute Gasteiger partial charge is 0.0594 e. The van der Waals surface area contributed by atoms with Gasteiger partial charge in [-0.2, -0.15) is 0 Å². The first-order chi connectivity index (χ1) is 8.59. The molecule has 1 aromatic rings. The minimum atomic E-state index is 0.253. The molecule has 0 radical (unpaired) electrons. The van der Waals surface area contributed by atoms with Gasteiger partial charge in [-0.25, -0.2) is 0 Å². The highest BCUT2D eigenvalue weighted by Crippen LogP contribution is 2.34. The fraction of sp³-hybridized carbons (Fsp3) is 0.600. The molecule has 1 fully saturated rings. The van der Waals surface area contributed by atoms with Gasteiger partial charge in [0.25, 0.3) is 0 Å². The molecule has 1 aromatic carbocycles. The summed E-state index contributed by atoms with van der Waals surface area (Å²) >= 11 is 0. The van der Waals surface area contributed by atoms with Gasteiger partial charge in [-0.15, -0.1) is 9.24 Å². The summed E-state index contributed by atoms with van der Waals surface area (Å²) < 4.78 is 5.43. The molecule has 18 heavy (non-hydrogen) atoms. The second-order valence-corrected chi connectivity index (χ2v) is 6.38. The summed E-state index contributed by atoms with van der Waals surface area (Å²) in [4.78, 5) is 2.52. The Morgan fingerprint density at radius 2 is 1.83 bits per heavy atom. The van der Waals surface area contributed by atoms with E-state index in [9.17, 15) is 0 Å². The van der Waals surface area contributed by atoms with Crippen molar-refractivity contribution in [2.24, 2.45) is 5.41 Å². The van der Waals surface area contributed by atoms with E-state index >= 15 is 0 Å². The zero-order valence-electron chi connectivity index (χ0n) is 11.4. The van der Waals surface area contributed by atoms with Crippen molar-refractivity contribution in [3.8, 4) is 0 Å². The van der Waals surface area contributed by atoms with Gasteiger partial charge in [0.1, 0.15) is 0 Å². The summed E-state index contributed by atoms with van der Waals surface area (Å²) in [7, 11) is 3.04. The van der Waals surface area contributed by atoms with Gasteiger partial charge in [0.05, 0.1) is 13.2 Å². The molecule has 0 N–H and O–H groups in total. The molecule has 1 aliphatic heterocycles. The van der Waals surface area contributed by atoms with Crippen LogP contribution >= 0.6 is 9.24 Å². The van der Waals surface area contributed by atoms with Gasteiger partial charge in [0.2, 0.25) is 0 Å². The summed E-state index contributed by atoms with van der Waals surface area (Å²) in [5, 5.41) is 0. The zero-order chi connectivity index (χ0) is 13.0. The Balaban J connectivity index is 2.00. The number of ether oxygens (including phenoxy) is 1. The van der Waals surface area contributed by atoms with E-state index < -0.39 is 0 Å². The molecule has 2 nitrogen and oxygen atoms in total. The van der Waals surface area contributed by atoms with E-state index in [1.165, 1.54) is 5.56 Å². The molecule has 2 rings (SSSR count). The largest absolute Gasteiger partial charge is 0.379 e. The molecule has 1 saturated heterocycles. The summed E-state index contributed by atoms with van der Waals surface area (Å²) in [6.07, 6.45) is 1.11. The molecule has 0 amide bonds. The normalized spacial score (nSPS) is 19.7.